The van der Waals surface area contributed by atoms with Crippen LogP contribution >= 0.6 is 0 Å². The van der Waals surface area contributed by atoms with Gasteiger partial charge in [-0.3, -0.25) is 4.79 Å². The van der Waals surface area contributed by atoms with E-state index in [0.717, 1.165) is 23.2 Å². The molecule has 1 aliphatic carbocycles. The van der Waals surface area contributed by atoms with E-state index in [0.29, 0.717) is 18.1 Å². The van der Waals surface area contributed by atoms with Crippen LogP contribution in [0.15, 0.2) is 24.3 Å². The van der Waals surface area contributed by atoms with Gasteiger partial charge in [0.25, 0.3) is 0 Å². The van der Waals surface area contributed by atoms with Crippen molar-refractivity contribution in [3.05, 3.63) is 41.0 Å². The fraction of sp³-hybridized carbons (Fsp3) is 0.480. The number of likely N-dealkylation sites (N-methyl/N-ethyl adjacent to an activating group) is 1. The Balaban J connectivity index is 1.67. The summed E-state index contributed by atoms with van der Waals surface area (Å²) in [5.41, 5.74) is 2.61. The second-order valence-corrected chi connectivity index (χ2v) is 9.00. The van der Waals surface area contributed by atoms with Gasteiger partial charge in [-0.25, -0.2) is 0 Å². The normalized spacial score (nSPS) is 24.6. The quantitative estimate of drug-likeness (QED) is 0.612. The number of esters is 1. The van der Waals surface area contributed by atoms with Crippen LogP contribution in [0.25, 0.3) is 0 Å². The molecule has 5 rings (SSSR count). The summed E-state index contributed by atoms with van der Waals surface area (Å²) in [6, 6.07) is 7.37. The number of ether oxygens (including phenoxy) is 6. The molecular weight excluding hydrogens is 442 g/mol. The van der Waals surface area contributed by atoms with E-state index in [-0.39, 0.29) is 54.6 Å². The Morgan fingerprint density at radius 2 is 1.65 bits per heavy atom. The minimum atomic E-state index is -0.476. The molecule has 3 aliphatic rings. The predicted octanol–water partition coefficient (Wildman–Crippen LogP) is 2.69. The SMILES string of the molecule is COc1cc(C2c3cc4c(cc3[C@@H](OCCN(C)C)C3COC(=O)[C@H]23)OCO4)cc(OC)c1O. The molecule has 2 aromatic rings. The summed E-state index contributed by atoms with van der Waals surface area (Å²) in [6.07, 6.45) is -0.335. The number of cyclic esters (lactones) is 1. The van der Waals surface area contributed by atoms with E-state index in [4.69, 9.17) is 28.4 Å². The monoisotopic (exact) mass is 471 g/mol. The van der Waals surface area contributed by atoms with Crippen molar-refractivity contribution in [2.24, 2.45) is 11.8 Å². The number of phenolic OH excluding ortho intramolecular Hbond substituents is 1. The maximum Gasteiger partial charge on any atom is 0.310 e. The zero-order valence-corrected chi connectivity index (χ0v) is 19.7. The molecule has 9 nitrogen and oxygen atoms in total. The van der Waals surface area contributed by atoms with Crippen molar-refractivity contribution >= 4 is 5.97 Å². The van der Waals surface area contributed by atoms with Crippen molar-refractivity contribution < 1.29 is 38.3 Å². The third-order valence-corrected chi connectivity index (χ3v) is 6.82. The molecule has 0 bridgehead atoms. The van der Waals surface area contributed by atoms with Crippen LogP contribution in [0.2, 0.25) is 0 Å². The van der Waals surface area contributed by atoms with E-state index in [1.807, 2.05) is 26.2 Å². The van der Waals surface area contributed by atoms with Crippen molar-refractivity contribution in [1.82, 2.24) is 4.90 Å². The number of aromatic hydroxyl groups is 1. The molecule has 2 aromatic carbocycles. The van der Waals surface area contributed by atoms with Gasteiger partial charge in [-0.15, -0.1) is 0 Å². The standard InChI is InChI=1S/C25H29NO8/c1-26(2)5-6-31-24-15-10-18-17(33-12-34-18)9-14(15)21(22-16(24)11-32-25(22)28)13-7-19(29-3)23(27)20(8-13)30-4/h7-10,16,21-22,24,27H,5-6,11-12H2,1-4H3/t16?,21?,22-,24+/m0/s1. The van der Waals surface area contributed by atoms with Crippen molar-refractivity contribution in [3.8, 4) is 28.7 Å². The van der Waals surface area contributed by atoms with Gasteiger partial charge in [-0.1, -0.05) is 0 Å². The number of carbonyl (C=O) groups is 1. The highest BCUT2D eigenvalue weighted by atomic mass is 16.7. The fourth-order valence-corrected chi connectivity index (χ4v) is 5.18. The topological polar surface area (TPSA) is 95.9 Å². The summed E-state index contributed by atoms with van der Waals surface area (Å²) in [5.74, 6) is 0.418. The van der Waals surface area contributed by atoms with Crippen LogP contribution in [0, 0.1) is 11.8 Å². The second-order valence-electron chi connectivity index (χ2n) is 9.00. The van der Waals surface area contributed by atoms with E-state index in [9.17, 15) is 9.90 Å². The average Bonchev–Trinajstić information content (AvgIpc) is 3.44. The molecule has 1 N–H and O–H groups in total. The molecule has 2 heterocycles. The van der Waals surface area contributed by atoms with Crippen molar-refractivity contribution in [1.29, 1.82) is 0 Å². The largest absolute Gasteiger partial charge is 0.502 e. The summed E-state index contributed by atoms with van der Waals surface area (Å²) in [7, 11) is 6.94. The molecule has 2 aliphatic heterocycles. The second kappa shape index (κ2) is 8.88. The molecule has 0 aromatic heterocycles. The van der Waals surface area contributed by atoms with Crippen LogP contribution in [0.5, 0.6) is 28.7 Å². The highest BCUT2D eigenvalue weighted by Crippen LogP contribution is 2.56. The van der Waals surface area contributed by atoms with E-state index in [1.54, 1.807) is 12.1 Å². The molecule has 1 fully saturated rings. The van der Waals surface area contributed by atoms with Gasteiger partial charge in [-0.2, -0.15) is 0 Å². The van der Waals surface area contributed by atoms with Crippen LogP contribution < -0.4 is 18.9 Å². The zero-order chi connectivity index (χ0) is 24.0. The number of phenols is 1. The maximum atomic E-state index is 13.1. The Bertz CT molecular complexity index is 1080. The van der Waals surface area contributed by atoms with E-state index in [1.165, 1.54) is 14.2 Å². The first-order chi connectivity index (χ1) is 16.4. The molecule has 182 valence electrons. The van der Waals surface area contributed by atoms with Gasteiger partial charge in [0.1, 0.15) is 0 Å². The Morgan fingerprint density at radius 1 is 1.00 bits per heavy atom. The van der Waals surface area contributed by atoms with Gasteiger partial charge >= 0.3 is 5.97 Å². The van der Waals surface area contributed by atoms with E-state index < -0.39 is 5.92 Å². The van der Waals surface area contributed by atoms with Gasteiger partial charge < -0.3 is 38.4 Å². The minimum absolute atomic E-state index is 0.0917. The number of methoxy groups -OCH3 is 2. The Morgan fingerprint density at radius 3 is 2.26 bits per heavy atom. The molecule has 0 saturated carbocycles. The van der Waals surface area contributed by atoms with Gasteiger partial charge in [0, 0.05) is 18.4 Å². The lowest BCUT2D eigenvalue weighted by molar-refractivity contribution is -0.141. The number of benzene rings is 2. The first kappa shape index (κ1) is 22.6. The van der Waals surface area contributed by atoms with Crippen LogP contribution in [-0.2, 0) is 14.3 Å². The van der Waals surface area contributed by atoms with Crippen molar-refractivity contribution in [3.63, 3.8) is 0 Å². The van der Waals surface area contributed by atoms with Crippen molar-refractivity contribution in [2.45, 2.75) is 12.0 Å². The highest BCUT2D eigenvalue weighted by Gasteiger charge is 2.53. The van der Waals surface area contributed by atoms with Crippen molar-refractivity contribution in [2.75, 3.05) is 54.9 Å². The molecule has 2 unspecified atom stereocenters. The lowest BCUT2D eigenvalue weighted by Gasteiger charge is -2.39. The Labute approximate surface area is 198 Å². The number of hydrogen-bond acceptors (Lipinski definition) is 9. The third-order valence-electron chi connectivity index (χ3n) is 6.82. The zero-order valence-electron chi connectivity index (χ0n) is 19.7. The number of rotatable bonds is 7. The van der Waals surface area contributed by atoms with Crippen LogP contribution in [0.3, 0.4) is 0 Å². The number of nitrogens with zero attached hydrogens (tertiary/aromatic N) is 1. The number of carbonyl (C=O) groups excluding carboxylic acids is 1. The Hall–Kier alpha value is -3.17. The smallest absolute Gasteiger partial charge is 0.310 e. The van der Waals surface area contributed by atoms with E-state index >= 15 is 0 Å². The molecule has 0 radical (unpaired) electrons. The number of fused-ring (bicyclic) bond motifs is 3. The minimum Gasteiger partial charge on any atom is -0.502 e. The van der Waals surface area contributed by atoms with E-state index in [2.05, 4.69) is 4.90 Å². The number of hydrogen-bond donors (Lipinski definition) is 1. The molecule has 0 spiro atoms. The van der Waals surface area contributed by atoms with Crippen LogP contribution in [0.1, 0.15) is 28.7 Å². The third kappa shape index (κ3) is 3.69. The first-order valence-corrected chi connectivity index (χ1v) is 11.2. The maximum absolute atomic E-state index is 13.1. The Kier molecular flexibility index (Phi) is 5.91. The van der Waals surface area contributed by atoms with Gasteiger partial charge in [0.15, 0.2) is 23.0 Å². The molecule has 9 heteroatoms. The summed E-state index contributed by atoms with van der Waals surface area (Å²) >= 11 is 0. The molecule has 4 atom stereocenters. The fourth-order valence-electron chi connectivity index (χ4n) is 5.18. The van der Waals surface area contributed by atoms with Gasteiger partial charge in [0.2, 0.25) is 12.5 Å². The summed E-state index contributed by atoms with van der Waals surface area (Å²) in [4.78, 5) is 15.1. The lowest BCUT2D eigenvalue weighted by atomic mass is 9.66. The van der Waals surface area contributed by atoms with Gasteiger partial charge in [0.05, 0.1) is 39.5 Å². The lowest BCUT2D eigenvalue weighted by Crippen LogP contribution is -2.36. The first-order valence-electron chi connectivity index (χ1n) is 11.2. The highest BCUT2D eigenvalue weighted by molar-refractivity contribution is 5.79. The molecule has 0 amide bonds. The average molecular weight is 472 g/mol. The van der Waals surface area contributed by atoms with Crippen LogP contribution in [-0.4, -0.2) is 70.8 Å². The van der Waals surface area contributed by atoms with Gasteiger partial charge in [-0.05, 0) is 55.1 Å². The molecular formula is C25H29NO8. The summed E-state index contributed by atoms with van der Waals surface area (Å²) in [5, 5.41) is 10.5. The summed E-state index contributed by atoms with van der Waals surface area (Å²) < 4.78 is 34.1. The molecule has 34 heavy (non-hydrogen) atoms. The predicted molar refractivity (Wildman–Crippen MR) is 121 cm³/mol. The molecule has 1 saturated heterocycles. The summed E-state index contributed by atoms with van der Waals surface area (Å²) in [6.45, 7) is 1.67. The van der Waals surface area contributed by atoms with Crippen LogP contribution in [0.4, 0.5) is 0 Å².